The van der Waals surface area contributed by atoms with Gasteiger partial charge in [-0.25, -0.2) is 18.4 Å². The number of carbonyl (C=O) groups excluding carboxylic acids is 1. The number of amides is 1. The predicted molar refractivity (Wildman–Crippen MR) is 100 cm³/mol. The van der Waals surface area contributed by atoms with Gasteiger partial charge in [-0.15, -0.1) is 0 Å². The molecule has 0 spiro atoms. The number of sulfone groups is 1. The molecule has 7 nitrogen and oxygen atoms in total. The van der Waals surface area contributed by atoms with Crippen LogP contribution < -0.4 is 5.32 Å². The molecule has 1 aromatic heterocycles. The first-order valence-corrected chi connectivity index (χ1v) is 10.2. The largest absolute Gasteiger partial charge is 0.339 e. The summed E-state index contributed by atoms with van der Waals surface area (Å²) in [5.74, 6) is 0.355. The third-order valence-corrected chi connectivity index (χ3v) is 6.57. The zero-order valence-electron chi connectivity index (χ0n) is 15.1. The van der Waals surface area contributed by atoms with Crippen molar-refractivity contribution >= 4 is 27.2 Å². The molecule has 1 aliphatic heterocycles. The second kappa shape index (κ2) is 7.03. The molecule has 1 aromatic carbocycles. The van der Waals surface area contributed by atoms with Crippen molar-refractivity contribution in [1.82, 2.24) is 14.9 Å². The summed E-state index contributed by atoms with van der Waals surface area (Å²) in [4.78, 5) is 22.4. The molecule has 1 amide bonds. The fourth-order valence-corrected chi connectivity index (χ4v) is 4.73. The van der Waals surface area contributed by atoms with E-state index in [0.29, 0.717) is 12.2 Å². The molecular weight excluding hydrogens is 352 g/mol. The minimum Gasteiger partial charge on any atom is -0.339 e. The van der Waals surface area contributed by atoms with Gasteiger partial charge in [0.1, 0.15) is 11.5 Å². The van der Waals surface area contributed by atoms with E-state index in [4.69, 9.17) is 0 Å². The number of benzene rings is 1. The van der Waals surface area contributed by atoms with Gasteiger partial charge < -0.3 is 10.2 Å². The van der Waals surface area contributed by atoms with Crippen LogP contribution in [0.2, 0.25) is 0 Å². The van der Waals surface area contributed by atoms with Crippen molar-refractivity contribution in [2.75, 3.05) is 23.9 Å². The highest BCUT2D eigenvalue weighted by Crippen LogP contribution is 2.22. The SMILES string of the molecule is Cc1cccc(Nc2cnc(C(=O)N(C)C3CCS(=O)(=O)C3)cn2)c1C. The van der Waals surface area contributed by atoms with Crippen molar-refractivity contribution in [1.29, 1.82) is 0 Å². The lowest BCUT2D eigenvalue weighted by atomic mass is 10.1. The van der Waals surface area contributed by atoms with Crippen molar-refractivity contribution in [3.05, 3.63) is 47.4 Å². The quantitative estimate of drug-likeness (QED) is 0.881. The second-order valence-electron chi connectivity index (χ2n) is 6.63. The molecule has 0 aliphatic carbocycles. The first-order chi connectivity index (χ1) is 12.3. The molecule has 138 valence electrons. The topological polar surface area (TPSA) is 92.3 Å². The highest BCUT2D eigenvalue weighted by Gasteiger charge is 2.33. The summed E-state index contributed by atoms with van der Waals surface area (Å²) in [7, 11) is -1.44. The van der Waals surface area contributed by atoms with Crippen LogP contribution in [0.4, 0.5) is 11.5 Å². The van der Waals surface area contributed by atoms with E-state index in [-0.39, 0.29) is 29.1 Å². The minimum absolute atomic E-state index is 0.00887. The van der Waals surface area contributed by atoms with Crippen LogP contribution in [0.1, 0.15) is 28.0 Å². The van der Waals surface area contributed by atoms with Crippen LogP contribution in [0.5, 0.6) is 0 Å². The predicted octanol–water partition coefficient (Wildman–Crippen LogP) is 2.10. The molecule has 1 atom stereocenters. The van der Waals surface area contributed by atoms with Gasteiger partial charge in [0, 0.05) is 18.8 Å². The van der Waals surface area contributed by atoms with Gasteiger partial charge in [-0.05, 0) is 37.5 Å². The summed E-state index contributed by atoms with van der Waals surface area (Å²) in [5.41, 5.74) is 3.43. The Bertz CT molecular complexity index is 926. The van der Waals surface area contributed by atoms with Crippen LogP contribution in [-0.4, -0.2) is 53.8 Å². The van der Waals surface area contributed by atoms with Crippen molar-refractivity contribution in [2.24, 2.45) is 0 Å². The van der Waals surface area contributed by atoms with Gasteiger partial charge in [-0.1, -0.05) is 12.1 Å². The van der Waals surface area contributed by atoms with Crippen LogP contribution in [0.15, 0.2) is 30.6 Å². The normalized spacial score (nSPS) is 18.5. The maximum Gasteiger partial charge on any atom is 0.274 e. The summed E-state index contributed by atoms with van der Waals surface area (Å²) >= 11 is 0. The van der Waals surface area contributed by atoms with Crippen molar-refractivity contribution in [2.45, 2.75) is 26.3 Å². The number of hydrogen-bond donors (Lipinski definition) is 1. The molecular formula is C18H22N4O3S. The molecule has 1 aliphatic rings. The van der Waals surface area contributed by atoms with Gasteiger partial charge in [0.25, 0.3) is 5.91 Å². The molecule has 3 rings (SSSR count). The number of nitrogens with one attached hydrogen (secondary N) is 1. The van der Waals surface area contributed by atoms with E-state index in [2.05, 4.69) is 15.3 Å². The molecule has 0 saturated carbocycles. The van der Waals surface area contributed by atoms with Crippen molar-refractivity contribution < 1.29 is 13.2 Å². The summed E-state index contributed by atoms with van der Waals surface area (Å²) in [6, 6.07) is 5.65. The zero-order chi connectivity index (χ0) is 18.9. The standard InChI is InChI=1S/C18H22N4O3S/c1-12-5-4-6-15(13(12)2)21-17-10-19-16(9-20-17)18(23)22(3)14-7-8-26(24,25)11-14/h4-6,9-10,14H,7-8,11H2,1-3H3,(H,20,21). The summed E-state index contributed by atoms with van der Waals surface area (Å²) in [5, 5.41) is 3.20. The van der Waals surface area contributed by atoms with Gasteiger partial charge in [0.05, 0.1) is 23.9 Å². The Kier molecular flexibility index (Phi) is 4.95. The maximum absolute atomic E-state index is 12.5. The second-order valence-corrected chi connectivity index (χ2v) is 8.86. The Balaban J connectivity index is 1.71. The molecule has 2 aromatic rings. The zero-order valence-corrected chi connectivity index (χ0v) is 15.9. The summed E-state index contributed by atoms with van der Waals surface area (Å²) in [6.07, 6.45) is 3.38. The van der Waals surface area contributed by atoms with Crippen LogP contribution in [0.25, 0.3) is 0 Å². The van der Waals surface area contributed by atoms with Gasteiger partial charge in [-0.3, -0.25) is 4.79 Å². The fourth-order valence-electron chi connectivity index (χ4n) is 2.95. The molecule has 1 fully saturated rings. The monoisotopic (exact) mass is 374 g/mol. The Labute approximate surface area is 153 Å². The molecule has 1 N–H and O–H groups in total. The number of aryl methyl sites for hydroxylation is 1. The van der Waals surface area contributed by atoms with E-state index in [1.54, 1.807) is 7.05 Å². The first kappa shape index (κ1) is 18.3. The van der Waals surface area contributed by atoms with Crippen molar-refractivity contribution in [3.63, 3.8) is 0 Å². The molecule has 1 saturated heterocycles. The third kappa shape index (κ3) is 3.85. The third-order valence-electron chi connectivity index (χ3n) is 4.81. The molecule has 0 radical (unpaired) electrons. The Morgan fingerprint density at radius 1 is 1.23 bits per heavy atom. The Morgan fingerprint density at radius 3 is 2.62 bits per heavy atom. The number of anilines is 2. The van der Waals surface area contributed by atoms with E-state index in [1.807, 2.05) is 32.0 Å². The first-order valence-electron chi connectivity index (χ1n) is 8.40. The molecule has 2 heterocycles. The lowest BCUT2D eigenvalue weighted by Gasteiger charge is -2.22. The van der Waals surface area contributed by atoms with Gasteiger partial charge in [0.15, 0.2) is 9.84 Å². The molecule has 0 bridgehead atoms. The lowest BCUT2D eigenvalue weighted by molar-refractivity contribution is 0.0741. The van der Waals surface area contributed by atoms with Crippen LogP contribution in [0, 0.1) is 13.8 Å². The average Bonchev–Trinajstić information content (AvgIpc) is 2.98. The molecule has 8 heteroatoms. The highest BCUT2D eigenvalue weighted by atomic mass is 32.2. The number of aromatic nitrogens is 2. The maximum atomic E-state index is 12.5. The Morgan fingerprint density at radius 2 is 2.00 bits per heavy atom. The van der Waals surface area contributed by atoms with Gasteiger partial charge in [-0.2, -0.15) is 0 Å². The van der Waals surface area contributed by atoms with Crippen LogP contribution in [0.3, 0.4) is 0 Å². The number of nitrogens with zero attached hydrogens (tertiary/aromatic N) is 3. The highest BCUT2D eigenvalue weighted by molar-refractivity contribution is 7.91. The number of rotatable bonds is 4. The van der Waals surface area contributed by atoms with E-state index >= 15 is 0 Å². The smallest absolute Gasteiger partial charge is 0.274 e. The summed E-state index contributed by atoms with van der Waals surface area (Å²) in [6.45, 7) is 4.06. The number of hydrogen-bond acceptors (Lipinski definition) is 6. The summed E-state index contributed by atoms with van der Waals surface area (Å²) < 4.78 is 23.2. The number of carbonyl (C=O) groups is 1. The lowest BCUT2D eigenvalue weighted by Crippen LogP contribution is -2.38. The van der Waals surface area contributed by atoms with Crippen LogP contribution >= 0.6 is 0 Å². The van der Waals surface area contributed by atoms with Gasteiger partial charge in [0.2, 0.25) is 0 Å². The van der Waals surface area contributed by atoms with E-state index in [0.717, 1.165) is 11.3 Å². The van der Waals surface area contributed by atoms with Crippen molar-refractivity contribution in [3.8, 4) is 0 Å². The molecule has 1 unspecified atom stereocenters. The minimum atomic E-state index is -3.05. The van der Waals surface area contributed by atoms with Crippen LogP contribution in [-0.2, 0) is 9.84 Å². The molecule has 26 heavy (non-hydrogen) atoms. The fraction of sp³-hybridized carbons (Fsp3) is 0.389. The van der Waals surface area contributed by atoms with E-state index in [1.165, 1.54) is 22.9 Å². The van der Waals surface area contributed by atoms with Gasteiger partial charge >= 0.3 is 0 Å². The average molecular weight is 374 g/mol. The Hall–Kier alpha value is -2.48. The van der Waals surface area contributed by atoms with E-state index < -0.39 is 9.84 Å². The van der Waals surface area contributed by atoms with E-state index in [9.17, 15) is 13.2 Å².